The van der Waals surface area contributed by atoms with Crippen LogP contribution < -0.4 is 9.47 Å². The van der Waals surface area contributed by atoms with E-state index in [4.69, 9.17) is 14.2 Å². The van der Waals surface area contributed by atoms with Gasteiger partial charge in [-0.1, -0.05) is 19.9 Å². The van der Waals surface area contributed by atoms with Gasteiger partial charge in [0.15, 0.2) is 11.5 Å². The molecule has 5 heteroatoms. The van der Waals surface area contributed by atoms with Gasteiger partial charge in [0, 0.05) is 26.2 Å². The standard InChI is InChI=1S/C21H25NO4.C2H6/c1-24-19-5-4-13-6-7-22-12-15-10-21(26-3)20(25-2)9-14(15)8-17(22)16(13)11-18(19)23;1-2/h4-5,9-11,17,19,23H,6-8,12H2,1-3H3;1-2H3. The molecule has 5 nitrogen and oxygen atoms in total. The number of methoxy groups -OCH3 is 3. The Bertz CT molecular complexity index is 809. The molecular weight excluding hydrogens is 354 g/mol. The van der Waals surface area contributed by atoms with Gasteiger partial charge < -0.3 is 19.3 Å². The summed E-state index contributed by atoms with van der Waals surface area (Å²) in [4.78, 5) is 2.48. The van der Waals surface area contributed by atoms with Crippen molar-refractivity contribution in [1.82, 2.24) is 4.90 Å². The summed E-state index contributed by atoms with van der Waals surface area (Å²) in [6.45, 7) is 5.89. The van der Waals surface area contributed by atoms with Crippen molar-refractivity contribution < 1.29 is 19.3 Å². The van der Waals surface area contributed by atoms with Gasteiger partial charge in [-0.15, -0.1) is 0 Å². The van der Waals surface area contributed by atoms with Gasteiger partial charge in [0.25, 0.3) is 0 Å². The Morgan fingerprint density at radius 3 is 2.36 bits per heavy atom. The number of rotatable bonds is 3. The lowest BCUT2D eigenvalue weighted by molar-refractivity contribution is 0.128. The first-order valence-electron chi connectivity index (χ1n) is 9.97. The van der Waals surface area contributed by atoms with Crippen molar-refractivity contribution in [3.63, 3.8) is 0 Å². The summed E-state index contributed by atoms with van der Waals surface area (Å²) in [5.74, 6) is 1.82. The highest BCUT2D eigenvalue weighted by atomic mass is 16.5. The lowest BCUT2D eigenvalue weighted by atomic mass is 9.83. The average molecular weight is 386 g/mol. The molecule has 0 aromatic heterocycles. The van der Waals surface area contributed by atoms with Crippen LogP contribution in [-0.2, 0) is 17.7 Å². The van der Waals surface area contributed by atoms with E-state index in [-0.39, 0.29) is 17.9 Å². The number of ether oxygens (including phenoxy) is 3. The van der Waals surface area contributed by atoms with Crippen molar-refractivity contribution >= 4 is 0 Å². The zero-order valence-corrected chi connectivity index (χ0v) is 17.5. The molecule has 1 N–H and O–H groups in total. The molecule has 1 aliphatic carbocycles. The number of hydrogen-bond donors (Lipinski definition) is 1. The van der Waals surface area contributed by atoms with Crippen LogP contribution in [-0.4, -0.2) is 50.0 Å². The summed E-state index contributed by atoms with van der Waals surface area (Å²) in [7, 11) is 4.96. The number of hydrogen-bond acceptors (Lipinski definition) is 5. The number of nitrogens with zero attached hydrogens (tertiary/aromatic N) is 1. The van der Waals surface area contributed by atoms with Crippen molar-refractivity contribution in [3.05, 3.63) is 58.4 Å². The zero-order chi connectivity index (χ0) is 20.3. The van der Waals surface area contributed by atoms with Gasteiger partial charge in [-0.25, -0.2) is 0 Å². The van der Waals surface area contributed by atoms with E-state index in [1.807, 2.05) is 26.0 Å². The number of aliphatic hydroxyl groups is 1. The Morgan fingerprint density at radius 1 is 1.04 bits per heavy atom. The lowest BCUT2D eigenvalue weighted by Gasteiger charge is -2.41. The fourth-order valence-corrected chi connectivity index (χ4v) is 4.24. The predicted octanol–water partition coefficient (Wildman–Crippen LogP) is 4.18. The maximum absolute atomic E-state index is 10.4. The third-order valence-electron chi connectivity index (χ3n) is 5.65. The fraction of sp³-hybridized carbons (Fsp3) is 0.478. The predicted molar refractivity (Wildman–Crippen MR) is 111 cm³/mol. The molecule has 0 radical (unpaired) electrons. The van der Waals surface area contributed by atoms with Crippen LogP contribution in [0, 0.1) is 0 Å². The molecule has 28 heavy (non-hydrogen) atoms. The topological polar surface area (TPSA) is 51.2 Å². The third kappa shape index (κ3) is 3.69. The Kier molecular flexibility index (Phi) is 6.47. The van der Waals surface area contributed by atoms with E-state index in [1.54, 1.807) is 21.3 Å². The molecule has 2 heterocycles. The number of fused-ring (bicyclic) bond motifs is 3. The molecule has 0 saturated carbocycles. The second kappa shape index (κ2) is 8.84. The summed E-state index contributed by atoms with van der Waals surface area (Å²) in [6.07, 6.45) is 7.47. The first-order chi connectivity index (χ1) is 13.6. The van der Waals surface area contributed by atoms with E-state index in [0.29, 0.717) is 0 Å². The largest absolute Gasteiger partial charge is 0.509 e. The molecule has 3 aliphatic rings. The number of aliphatic hydroxyl groups excluding tert-OH is 1. The van der Waals surface area contributed by atoms with Crippen LogP contribution in [0.5, 0.6) is 11.5 Å². The molecule has 4 rings (SSSR count). The Balaban J connectivity index is 0.00000109. The second-order valence-electron chi connectivity index (χ2n) is 6.98. The normalized spacial score (nSPS) is 23.4. The Hall–Kier alpha value is -2.24. The van der Waals surface area contributed by atoms with Crippen LogP contribution in [0.15, 0.2) is 47.3 Å². The maximum Gasteiger partial charge on any atom is 0.161 e. The number of benzene rings is 1. The van der Waals surface area contributed by atoms with Crippen LogP contribution in [0.2, 0.25) is 0 Å². The van der Waals surface area contributed by atoms with Crippen molar-refractivity contribution in [2.75, 3.05) is 27.9 Å². The molecule has 2 unspecified atom stereocenters. The third-order valence-corrected chi connectivity index (χ3v) is 5.65. The van der Waals surface area contributed by atoms with Gasteiger partial charge >= 0.3 is 0 Å². The molecule has 0 saturated heterocycles. The Labute approximate surface area is 167 Å². The van der Waals surface area contributed by atoms with Crippen molar-refractivity contribution in [3.8, 4) is 11.5 Å². The molecule has 0 fully saturated rings. The highest BCUT2D eigenvalue weighted by Gasteiger charge is 2.34. The van der Waals surface area contributed by atoms with Crippen molar-refractivity contribution in [2.24, 2.45) is 0 Å². The van der Waals surface area contributed by atoms with Gasteiger partial charge in [-0.05, 0) is 59.4 Å². The highest BCUT2D eigenvalue weighted by Crippen LogP contribution is 2.39. The van der Waals surface area contributed by atoms with Gasteiger partial charge in [-0.3, -0.25) is 4.90 Å². The van der Waals surface area contributed by atoms with Gasteiger partial charge in [0.1, 0.15) is 11.9 Å². The summed E-state index contributed by atoms with van der Waals surface area (Å²) < 4.78 is 16.3. The van der Waals surface area contributed by atoms with Crippen LogP contribution in [0.1, 0.15) is 31.4 Å². The molecule has 2 atom stereocenters. The van der Waals surface area contributed by atoms with E-state index in [2.05, 4.69) is 23.1 Å². The first-order valence-corrected chi connectivity index (χ1v) is 9.97. The fourth-order valence-electron chi connectivity index (χ4n) is 4.24. The molecule has 0 bridgehead atoms. The molecule has 1 aromatic rings. The van der Waals surface area contributed by atoms with Crippen LogP contribution in [0.3, 0.4) is 0 Å². The molecule has 2 aliphatic heterocycles. The zero-order valence-electron chi connectivity index (χ0n) is 17.5. The van der Waals surface area contributed by atoms with Crippen LogP contribution in [0.25, 0.3) is 0 Å². The van der Waals surface area contributed by atoms with E-state index in [0.717, 1.165) is 37.4 Å². The first kappa shape index (κ1) is 20.5. The van der Waals surface area contributed by atoms with Gasteiger partial charge in [0.2, 0.25) is 0 Å². The molecule has 0 spiro atoms. The lowest BCUT2D eigenvalue weighted by Crippen LogP contribution is -2.44. The smallest absolute Gasteiger partial charge is 0.161 e. The maximum atomic E-state index is 10.4. The van der Waals surface area contributed by atoms with Crippen LogP contribution >= 0.6 is 0 Å². The summed E-state index contributed by atoms with van der Waals surface area (Å²) in [5.41, 5.74) is 5.06. The molecule has 1 aromatic carbocycles. The van der Waals surface area contributed by atoms with E-state index in [9.17, 15) is 5.11 Å². The highest BCUT2D eigenvalue weighted by molar-refractivity contribution is 5.51. The average Bonchev–Trinajstić information content (AvgIpc) is 2.90. The van der Waals surface area contributed by atoms with E-state index in [1.165, 1.54) is 22.3 Å². The Morgan fingerprint density at radius 2 is 1.71 bits per heavy atom. The van der Waals surface area contributed by atoms with Crippen molar-refractivity contribution in [1.29, 1.82) is 0 Å². The molecule has 152 valence electrons. The monoisotopic (exact) mass is 385 g/mol. The summed E-state index contributed by atoms with van der Waals surface area (Å²) in [5, 5.41) is 10.4. The van der Waals surface area contributed by atoms with Gasteiger partial charge in [-0.2, -0.15) is 0 Å². The minimum atomic E-state index is -0.366. The van der Waals surface area contributed by atoms with Gasteiger partial charge in [0.05, 0.1) is 14.2 Å². The van der Waals surface area contributed by atoms with E-state index >= 15 is 0 Å². The quantitative estimate of drug-likeness (QED) is 0.846. The minimum Gasteiger partial charge on any atom is -0.509 e. The van der Waals surface area contributed by atoms with Crippen LogP contribution in [0.4, 0.5) is 0 Å². The SMILES string of the molecule is CC.COc1cc2c(cc1OC)CN1CCC3=C(C=C(O)C(OC)C=C3)C1C2. The molecule has 0 amide bonds. The van der Waals surface area contributed by atoms with E-state index < -0.39 is 0 Å². The number of allylic oxidation sites excluding steroid dienone is 1. The minimum absolute atomic E-state index is 0.256. The van der Waals surface area contributed by atoms with Crippen molar-refractivity contribution in [2.45, 2.75) is 45.4 Å². The summed E-state index contributed by atoms with van der Waals surface area (Å²) >= 11 is 0. The summed E-state index contributed by atoms with van der Waals surface area (Å²) in [6, 6.07) is 4.44. The molecular formula is C23H31NO4. The second-order valence-corrected chi connectivity index (χ2v) is 6.98.